The summed E-state index contributed by atoms with van der Waals surface area (Å²) in [5.41, 5.74) is 3.16. The zero-order valence-corrected chi connectivity index (χ0v) is 22.3. The molecule has 0 bridgehead atoms. The summed E-state index contributed by atoms with van der Waals surface area (Å²) in [7, 11) is 0. The lowest BCUT2D eigenvalue weighted by Crippen LogP contribution is -2.33. The van der Waals surface area contributed by atoms with Gasteiger partial charge in [0.05, 0.1) is 48.8 Å². The Hall–Kier alpha value is -2.66. The van der Waals surface area contributed by atoms with Gasteiger partial charge in [0.2, 0.25) is 5.91 Å². The van der Waals surface area contributed by atoms with Gasteiger partial charge in [-0.05, 0) is 56.9 Å². The first-order chi connectivity index (χ1) is 18.1. The van der Waals surface area contributed by atoms with Crippen molar-refractivity contribution in [1.29, 1.82) is 0 Å². The van der Waals surface area contributed by atoms with E-state index in [1.54, 1.807) is 18.3 Å². The summed E-state index contributed by atoms with van der Waals surface area (Å²) in [6.07, 6.45) is 3.95. The Bertz CT molecular complexity index is 1120. The number of thiazole rings is 1. The van der Waals surface area contributed by atoms with Crippen molar-refractivity contribution < 1.29 is 23.4 Å². The molecule has 37 heavy (non-hydrogen) atoms. The van der Waals surface area contributed by atoms with E-state index in [-0.39, 0.29) is 24.2 Å². The van der Waals surface area contributed by atoms with Gasteiger partial charge in [0, 0.05) is 43.9 Å². The number of carbonyl (C=O) groups excluding carboxylic acids is 1. The summed E-state index contributed by atoms with van der Waals surface area (Å²) in [6.45, 7) is 8.11. The van der Waals surface area contributed by atoms with Gasteiger partial charge in [0.1, 0.15) is 10.8 Å². The molecule has 0 radical (unpaired) electrons. The number of aromatic nitrogens is 3. The van der Waals surface area contributed by atoms with Gasteiger partial charge in [-0.1, -0.05) is 0 Å². The Labute approximate surface area is 221 Å². The van der Waals surface area contributed by atoms with Gasteiger partial charge in [-0.25, -0.2) is 9.37 Å². The summed E-state index contributed by atoms with van der Waals surface area (Å²) in [5, 5.41) is 10.4. The van der Waals surface area contributed by atoms with Crippen LogP contribution in [0.3, 0.4) is 0 Å². The number of hydrogen-bond donors (Lipinski definition) is 1. The maximum atomic E-state index is 13.7. The van der Waals surface area contributed by atoms with Gasteiger partial charge in [-0.15, -0.1) is 11.3 Å². The number of carbonyl (C=O) groups is 1. The van der Waals surface area contributed by atoms with Crippen molar-refractivity contribution in [2.24, 2.45) is 5.92 Å². The Kier molecular flexibility index (Phi) is 10.2. The largest absolute Gasteiger partial charge is 0.381 e. The van der Waals surface area contributed by atoms with Crippen LogP contribution in [0, 0.1) is 11.7 Å². The van der Waals surface area contributed by atoms with Gasteiger partial charge in [-0.3, -0.25) is 9.48 Å². The highest BCUT2D eigenvalue weighted by molar-refractivity contribution is 7.13. The van der Waals surface area contributed by atoms with Crippen LogP contribution in [-0.2, 0) is 25.4 Å². The number of halogens is 1. The zero-order valence-electron chi connectivity index (χ0n) is 21.5. The number of amides is 1. The van der Waals surface area contributed by atoms with Gasteiger partial charge < -0.3 is 19.5 Å². The molecule has 0 atom stereocenters. The molecular weight excluding hydrogens is 495 g/mol. The van der Waals surface area contributed by atoms with Crippen molar-refractivity contribution in [1.82, 2.24) is 20.1 Å². The number of nitrogens with one attached hydrogen (secondary N) is 1. The third kappa shape index (κ3) is 7.44. The lowest BCUT2D eigenvalue weighted by molar-refractivity contribution is -0.120. The minimum Gasteiger partial charge on any atom is -0.381 e. The summed E-state index contributed by atoms with van der Waals surface area (Å²) in [6, 6.07) is 6.19. The van der Waals surface area contributed by atoms with Crippen molar-refractivity contribution in [3.63, 3.8) is 0 Å². The molecule has 10 heteroatoms. The first-order valence-electron chi connectivity index (χ1n) is 12.9. The molecule has 0 unspecified atom stereocenters. The fourth-order valence-corrected chi connectivity index (χ4v) is 5.17. The number of nitrogens with zero attached hydrogens (tertiary/aromatic N) is 3. The topological polar surface area (TPSA) is 87.5 Å². The first-order valence-corrected chi connectivity index (χ1v) is 13.7. The van der Waals surface area contributed by atoms with Gasteiger partial charge in [0.15, 0.2) is 0 Å². The number of benzene rings is 1. The summed E-state index contributed by atoms with van der Waals surface area (Å²) >= 11 is 1.47. The molecule has 0 aliphatic carbocycles. The van der Waals surface area contributed by atoms with E-state index in [1.165, 1.54) is 23.5 Å². The Balaban J connectivity index is 1.56. The van der Waals surface area contributed by atoms with Crippen molar-refractivity contribution in [2.45, 2.75) is 39.2 Å². The highest BCUT2D eigenvalue weighted by atomic mass is 32.1. The standard InChI is InChI=1S/C27H35FN4O4S/c1-3-34-16-23(17-35-4-2)32-26(20-5-7-21(28)8-6-20)24(15-30-32)27-31-22(18-37-27)13-25(33)29-14-19-9-11-36-12-10-19/h5-8,15,18-19,23H,3-4,9-14,16-17H2,1-2H3,(H,29,33). The molecule has 4 rings (SSSR count). The number of ether oxygens (including phenoxy) is 3. The lowest BCUT2D eigenvalue weighted by atomic mass is 10.0. The van der Waals surface area contributed by atoms with Crippen LogP contribution in [-0.4, -0.2) is 66.9 Å². The van der Waals surface area contributed by atoms with Gasteiger partial charge >= 0.3 is 0 Å². The smallest absolute Gasteiger partial charge is 0.226 e. The highest BCUT2D eigenvalue weighted by Crippen LogP contribution is 2.36. The van der Waals surface area contributed by atoms with E-state index in [2.05, 4.69) is 10.4 Å². The summed E-state index contributed by atoms with van der Waals surface area (Å²) in [5.74, 6) is 0.125. The van der Waals surface area contributed by atoms with Crippen LogP contribution in [0.4, 0.5) is 4.39 Å². The lowest BCUT2D eigenvalue weighted by Gasteiger charge is -2.22. The third-order valence-electron chi connectivity index (χ3n) is 6.34. The van der Waals surface area contributed by atoms with Crippen LogP contribution in [0.15, 0.2) is 35.8 Å². The van der Waals surface area contributed by atoms with Crippen LogP contribution in [0.25, 0.3) is 21.8 Å². The quantitative estimate of drug-likeness (QED) is 0.350. The molecule has 1 aliphatic rings. The van der Waals surface area contributed by atoms with Crippen LogP contribution >= 0.6 is 11.3 Å². The molecule has 3 aromatic rings. The highest BCUT2D eigenvalue weighted by Gasteiger charge is 2.24. The molecule has 1 aliphatic heterocycles. The molecule has 0 saturated carbocycles. The zero-order chi connectivity index (χ0) is 26.0. The normalized spacial score (nSPS) is 14.4. The molecule has 1 amide bonds. The fourth-order valence-electron chi connectivity index (χ4n) is 4.34. The Morgan fingerprint density at radius 3 is 2.57 bits per heavy atom. The van der Waals surface area contributed by atoms with E-state index < -0.39 is 0 Å². The molecule has 1 N–H and O–H groups in total. The number of hydrogen-bond acceptors (Lipinski definition) is 7. The van der Waals surface area contributed by atoms with Crippen molar-refractivity contribution in [2.75, 3.05) is 46.2 Å². The second-order valence-electron chi connectivity index (χ2n) is 9.01. The van der Waals surface area contributed by atoms with Crippen LogP contribution in [0.5, 0.6) is 0 Å². The maximum Gasteiger partial charge on any atom is 0.226 e. The van der Waals surface area contributed by atoms with Crippen molar-refractivity contribution in [3.05, 3.63) is 47.4 Å². The Morgan fingerprint density at radius 2 is 1.89 bits per heavy atom. The van der Waals surface area contributed by atoms with E-state index in [9.17, 15) is 9.18 Å². The van der Waals surface area contributed by atoms with E-state index in [1.807, 2.05) is 23.9 Å². The first kappa shape index (κ1) is 27.4. The maximum absolute atomic E-state index is 13.7. The summed E-state index contributed by atoms with van der Waals surface area (Å²) in [4.78, 5) is 17.3. The number of rotatable bonds is 13. The second-order valence-corrected chi connectivity index (χ2v) is 9.87. The molecule has 1 fully saturated rings. The summed E-state index contributed by atoms with van der Waals surface area (Å²) < 4.78 is 32.4. The van der Waals surface area contributed by atoms with Crippen molar-refractivity contribution >= 4 is 17.2 Å². The average Bonchev–Trinajstić information content (AvgIpc) is 3.56. The average molecular weight is 531 g/mol. The molecule has 1 saturated heterocycles. The SMILES string of the molecule is CCOCC(COCC)n1ncc(-c2nc(CC(=O)NCC3CCOCC3)cs2)c1-c1ccc(F)cc1. The second kappa shape index (κ2) is 13.8. The molecule has 1 aromatic carbocycles. The fraction of sp³-hybridized carbons (Fsp3) is 0.519. The van der Waals surface area contributed by atoms with E-state index in [0.29, 0.717) is 44.6 Å². The Morgan fingerprint density at radius 1 is 1.19 bits per heavy atom. The van der Waals surface area contributed by atoms with E-state index >= 15 is 0 Å². The van der Waals surface area contributed by atoms with Crippen LogP contribution < -0.4 is 5.32 Å². The molecule has 200 valence electrons. The van der Waals surface area contributed by atoms with Crippen LogP contribution in [0.2, 0.25) is 0 Å². The van der Waals surface area contributed by atoms with Crippen LogP contribution in [0.1, 0.15) is 38.4 Å². The predicted octanol–water partition coefficient (Wildman–Crippen LogP) is 4.51. The van der Waals surface area contributed by atoms with E-state index in [4.69, 9.17) is 19.2 Å². The van der Waals surface area contributed by atoms with E-state index in [0.717, 1.165) is 47.9 Å². The predicted molar refractivity (Wildman–Crippen MR) is 141 cm³/mol. The monoisotopic (exact) mass is 530 g/mol. The third-order valence-corrected chi connectivity index (χ3v) is 7.26. The molecule has 8 nitrogen and oxygen atoms in total. The molecule has 3 heterocycles. The molecule has 2 aromatic heterocycles. The van der Waals surface area contributed by atoms with Gasteiger partial charge in [0.25, 0.3) is 0 Å². The van der Waals surface area contributed by atoms with Crippen molar-refractivity contribution in [3.8, 4) is 21.8 Å². The minimum atomic E-state index is -0.306. The molecular formula is C27H35FN4O4S. The minimum absolute atomic E-state index is 0.0358. The molecule has 0 spiro atoms. The van der Waals surface area contributed by atoms with Gasteiger partial charge in [-0.2, -0.15) is 5.10 Å².